The molecular weight excluding hydrogens is 252 g/mol. The molecule has 3 aromatic rings. The number of benzene rings is 1. The molecule has 0 aliphatic rings. The summed E-state index contributed by atoms with van der Waals surface area (Å²) in [7, 11) is 1.83. The van der Waals surface area contributed by atoms with Crippen LogP contribution in [0.3, 0.4) is 0 Å². The van der Waals surface area contributed by atoms with Gasteiger partial charge >= 0.3 is 0 Å². The smallest absolute Gasteiger partial charge is 0.214 e. The minimum absolute atomic E-state index is 0.0722. The number of nitrogens with zero attached hydrogens (tertiary/aromatic N) is 4. The zero-order chi connectivity index (χ0) is 12.7. The van der Waals surface area contributed by atoms with Crippen LogP contribution in [0.4, 0.5) is 0 Å². The molecule has 0 saturated heterocycles. The van der Waals surface area contributed by atoms with Crippen molar-refractivity contribution in [3.63, 3.8) is 0 Å². The summed E-state index contributed by atoms with van der Waals surface area (Å²) in [6.07, 6.45) is 3.37. The Bertz CT molecular complexity index is 738. The van der Waals surface area contributed by atoms with Gasteiger partial charge in [-0.3, -0.25) is 4.68 Å². The molecule has 0 bridgehead atoms. The quantitative estimate of drug-likeness (QED) is 0.730. The van der Waals surface area contributed by atoms with Crippen LogP contribution in [-0.4, -0.2) is 24.9 Å². The molecule has 6 heteroatoms. The molecule has 0 saturated carbocycles. The number of rotatable bonds is 1. The first-order valence-electron chi connectivity index (χ1n) is 5.29. The molecule has 0 spiro atoms. The molecule has 1 aromatic carbocycles. The molecule has 18 heavy (non-hydrogen) atoms. The standard InChI is InChI=1S/C12H9ClN4O/c1-17-6-9-8(4-7(13)5-10(9)16-17)12-14-3-2-11(18)15-12/h2-6H,1H3,(H,14,15,18). The van der Waals surface area contributed by atoms with Crippen molar-refractivity contribution in [2.24, 2.45) is 7.05 Å². The lowest BCUT2D eigenvalue weighted by atomic mass is 10.1. The number of fused-ring (bicyclic) bond motifs is 1. The summed E-state index contributed by atoms with van der Waals surface area (Å²) in [6.45, 7) is 0. The fourth-order valence-electron chi connectivity index (χ4n) is 1.87. The average molecular weight is 261 g/mol. The third-order valence-corrected chi connectivity index (χ3v) is 2.80. The van der Waals surface area contributed by atoms with Gasteiger partial charge in [0.1, 0.15) is 0 Å². The summed E-state index contributed by atoms with van der Waals surface area (Å²) in [5, 5.41) is 15.2. The van der Waals surface area contributed by atoms with Gasteiger partial charge in [0.15, 0.2) is 5.82 Å². The van der Waals surface area contributed by atoms with Gasteiger partial charge in [0, 0.05) is 41.5 Å². The molecule has 0 aliphatic heterocycles. The highest BCUT2D eigenvalue weighted by Gasteiger charge is 2.11. The van der Waals surface area contributed by atoms with E-state index in [9.17, 15) is 5.11 Å². The van der Waals surface area contributed by atoms with Crippen molar-refractivity contribution < 1.29 is 5.11 Å². The third kappa shape index (κ3) is 1.78. The molecule has 0 amide bonds. The Morgan fingerprint density at radius 3 is 2.94 bits per heavy atom. The maximum atomic E-state index is 9.42. The number of aryl methyl sites for hydroxylation is 1. The van der Waals surface area contributed by atoms with Crippen LogP contribution < -0.4 is 0 Å². The van der Waals surface area contributed by atoms with Gasteiger partial charge in [-0.1, -0.05) is 11.6 Å². The van der Waals surface area contributed by atoms with Crippen molar-refractivity contribution >= 4 is 22.5 Å². The highest BCUT2D eigenvalue weighted by atomic mass is 35.5. The number of hydrogen-bond acceptors (Lipinski definition) is 4. The van der Waals surface area contributed by atoms with Crippen molar-refractivity contribution in [1.29, 1.82) is 0 Å². The largest absolute Gasteiger partial charge is 0.493 e. The minimum Gasteiger partial charge on any atom is -0.493 e. The molecule has 1 N–H and O–H groups in total. The van der Waals surface area contributed by atoms with Crippen molar-refractivity contribution in [2.75, 3.05) is 0 Å². The van der Waals surface area contributed by atoms with E-state index < -0.39 is 0 Å². The predicted octanol–water partition coefficient (Wildman–Crippen LogP) is 2.39. The van der Waals surface area contributed by atoms with Crippen LogP contribution in [0.25, 0.3) is 22.3 Å². The van der Waals surface area contributed by atoms with Gasteiger partial charge in [0.05, 0.1) is 5.52 Å². The molecule has 90 valence electrons. The third-order valence-electron chi connectivity index (χ3n) is 2.59. The predicted molar refractivity (Wildman–Crippen MR) is 68.4 cm³/mol. The van der Waals surface area contributed by atoms with Crippen LogP contribution >= 0.6 is 11.6 Å². The van der Waals surface area contributed by atoms with Gasteiger partial charge < -0.3 is 5.11 Å². The molecule has 0 radical (unpaired) electrons. The Hall–Kier alpha value is -2.14. The first kappa shape index (κ1) is 11.0. The molecule has 0 unspecified atom stereocenters. The van der Waals surface area contributed by atoms with E-state index in [1.54, 1.807) is 16.8 Å². The topological polar surface area (TPSA) is 63.8 Å². The van der Waals surface area contributed by atoms with Crippen molar-refractivity contribution in [3.05, 3.63) is 35.6 Å². The molecular formula is C12H9ClN4O. The first-order valence-corrected chi connectivity index (χ1v) is 5.66. The van der Waals surface area contributed by atoms with Crippen LogP contribution in [0.15, 0.2) is 30.6 Å². The summed E-state index contributed by atoms with van der Waals surface area (Å²) in [5.41, 5.74) is 1.52. The first-order chi connectivity index (χ1) is 8.63. The lowest BCUT2D eigenvalue weighted by molar-refractivity contribution is 0.453. The van der Waals surface area contributed by atoms with Gasteiger partial charge in [-0.05, 0) is 12.1 Å². The van der Waals surface area contributed by atoms with Crippen molar-refractivity contribution in [1.82, 2.24) is 19.7 Å². The van der Waals surface area contributed by atoms with E-state index in [4.69, 9.17) is 11.6 Å². The molecule has 0 aliphatic carbocycles. The summed E-state index contributed by atoms with van der Waals surface area (Å²) in [5.74, 6) is 0.354. The highest BCUT2D eigenvalue weighted by Crippen LogP contribution is 2.29. The second-order valence-electron chi connectivity index (χ2n) is 3.93. The second kappa shape index (κ2) is 3.96. The highest BCUT2D eigenvalue weighted by molar-refractivity contribution is 6.31. The van der Waals surface area contributed by atoms with E-state index in [0.29, 0.717) is 10.8 Å². The van der Waals surface area contributed by atoms with Crippen LogP contribution in [0.2, 0.25) is 5.02 Å². The maximum absolute atomic E-state index is 9.42. The molecule has 5 nitrogen and oxygen atoms in total. The van der Waals surface area contributed by atoms with Crippen LogP contribution in [0, 0.1) is 0 Å². The Balaban J connectivity index is 2.34. The Morgan fingerprint density at radius 1 is 1.33 bits per heavy atom. The maximum Gasteiger partial charge on any atom is 0.214 e. The van der Waals surface area contributed by atoms with E-state index in [1.807, 2.05) is 13.2 Å². The van der Waals surface area contributed by atoms with E-state index >= 15 is 0 Å². The number of aromatic nitrogens is 4. The SMILES string of the molecule is Cn1cc2c(-c3nccc(O)n3)cc(Cl)cc2n1. The minimum atomic E-state index is -0.0722. The number of halogens is 1. The van der Waals surface area contributed by atoms with E-state index in [0.717, 1.165) is 16.5 Å². The molecule has 0 fully saturated rings. The average Bonchev–Trinajstić information content (AvgIpc) is 2.68. The monoisotopic (exact) mass is 260 g/mol. The summed E-state index contributed by atoms with van der Waals surface area (Å²) in [6, 6.07) is 4.97. The summed E-state index contributed by atoms with van der Waals surface area (Å²) < 4.78 is 1.70. The van der Waals surface area contributed by atoms with Crippen LogP contribution in [-0.2, 0) is 7.05 Å². The summed E-state index contributed by atoms with van der Waals surface area (Å²) >= 11 is 6.06. The fourth-order valence-corrected chi connectivity index (χ4v) is 2.08. The normalized spacial score (nSPS) is 11.0. The molecule has 0 atom stereocenters. The lowest BCUT2D eigenvalue weighted by Gasteiger charge is -2.02. The second-order valence-corrected chi connectivity index (χ2v) is 4.36. The fraction of sp³-hybridized carbons (Fsp3) is 0.0833. The van der Waals surface area contributed by atoms with Crippen LogP contribution in [0.5, 0.6) is 5.88 Å². The lowest BCUT2D eigenvalue weighted by Crippen LogP contribution is -1.88. The van der Waals surface area contributed by atoms with Gasteiger partial charge in [0.25, 0.3) is 0 Å². The molecule has 2 heterocycles. The number of hydrogen-bond donors (Lipinski definition) is 1. The Kier molecular flexibility index (Phi) is 2.41. The van der Waals surface area contributed by atoms with Gasteiger partial charge in [-0.15, -0.1) is 0 Å². The van der Waals surface area contributed by atoms with E-state index in [1.165, 1.54) is 12.3 Å². The van der Waals surface area contributed by atoms with Gasteiger partial charge in [-0.25, -0.2) is 4.98 Å². The summed E-state index contributed by atoms with van der Waals surface area (Å²) in [4.78, 5) is 8.14. The van der Waals surface area contributed by atoms with E-state index in [-0.39, 0.29) is 5.88 Å². The van der Waals surface area contributed by atoms with Crippen molar-refractivity contribution in [2.45, 2.75) is 0 Å². The van der Waals surface area contributed by atoms with Gasteiger partial charge in [-0.2, -0.15) is 10.1 Å². The van der Waals surface area contributed by atoms with Crippen molar-refractivity contribution in [3.8, 4) is 17.3 Å². The van der Waals surface area contributed by atoms with Gasteiger partial charge in [0.2, 0.25) is 5.88 Å². The number of aromatic hydroxyl groups is 1. The Labute approximate surface area is 108 Å². The zero-order valence-electron chi connectivity index (χ0n) is 9.50. The van der Waals surface area contributed by atoms with E-state index in [2.05, 4.69) is 15.1 Å². The zero-order valence-corrected chi connectivity index (χ0v) is 10.3. The molecule has 2 aromatic heterocycles. The van der Waals surface area contributed by atoms with Crippen LogP contribution in [0.1, 0.15) is 0 Å². The Morgan fingerprint density at radius 2 is 2.17 bits per heavy atom. The molecule has 3 rings (SSSR count).